The Morgan fingerprint density at radius 3 is 2.47 bits per heavy atom. The number of hydrogen-bond acceptors (Lipinski definition) is 2. The van der Waals surface area contributed by atoms with Gasteiger partial charge in [0.2, 0.25) is 5.91 Å². The van der Waals surface area contributed by atoms with Crippen molar-refractivity contribution in [1.29, 1.82) is 0 Å². The van der Waals surface area contributed by atoms with Gasteiger partial charge >= 0.3 is 0 Å². The summed E-state index contributed by atoms with van der Waals surface area (Å²) in [4.78, 5) is 12.2. The van der Waals surface area contributed by atoms with Crippen LogP contribution in [-0.2, 0) is 4.79 Å². The van der Waals surface area contributed by atoms with Gasteiger partial charge in [0, 0.05) is 11.3 Å². The smallest absolute Gasteiger partial charge is 0.231 e. The van der Waals surface area contributed by atoms with Crippen molar-refractivity contribution in [2.75, 3.05) is 5.32 Å². The van der Waals surface area contributed by atoms with Gasteiger partial charge in [-0.15, -0.1) is 0 Å². The van der Waals surface area contributed by atoms with Gasteiger partial charge in [-0.1, -0.05) is 36.4 Å². The lowest BCUT2D eigenvalue weighted by molar-refractivity contribution is -0.117. The maximum absolute atomic E-state index is 12.2. The molecule has 0 aliphatic carbocycles. The molecule has 0 bridgehead atoms. The molecule has 0 fully saturated rings. The monoisotopic (exact) mass is 255 g/mol. The molecule has 1 amide bonds. The van der Waals surface area contributed by atoms with E-state index in [4.69, 9.17) is 0 Å². The van der Waals surface area contributed by atoms with Crippen LogP contribution in [0.3, 0.4) is 0 Å². The van der Waals surface area contributed by atoms with Crippen molar-refractivity contribution in [3.8, 4) is 5.75 Å². The number of hydrogen-bond donors (Lipinski definition) is 2. The summed E-state index contributed by atoms with van der Waals surface area (Å²) in [5, 5.41) is 12.5. The summed E-state index contributed by atoms with van der Waals surface area (Å²) >= 11 is 0. The number of carbonyl (C=O) groups excluding carboxylic acids is 1. The van der Waals surface area contributed by atoms with Crippen molar-refractivity contribution < 1.29 is 9.90 Å². The average molecular weight is 255 g/mol. The summed E-state index contributed by atoms with van der Waals surface area (Å²) in [5.74, 6) is -0.131. The molecule has 0 saturated carbocycles. The van der Waals surface area contributed by atoms with Crippen LogP contribution in [0.25, 0.3) is 0 Å². The number of amides is 1. The van der Waals surface area contributed by atoms with Gasteiger partial charge in [0.1, 0.15) is 5.75 Å². The number of rotatable bonds is 3. The second-order valence-corrected chi connectivity index (χ2v) is 4.57. The van der Waals surface area contributed by atoms with Crippen LogP contribution < -0.4 is 5.32 Å². The molecular formula is C16H17NO2. The van der Waals surface area contributed by atoms with Gasteiger partial charge in [0.05, 0.1) is 5.92 Å². The lowest BCUT2D eigenvalue weighted by Crippen LogP contribution is -2.19. The van der Waals surface area contributed by atoms with E-state index in [0.717, 1.165) is 5.56 Å². The minimum absolute atomic E-state index is 0.0834. The third-order valence-corrected chi connectivity index (χ3v) is 3.26. The van der Waals surface area contributed by atoms with Gasteiger partial charge in [0.15, 0.2) is 0 Å². The number of anilines is 1. The van der Waals surface area contributed by atoms with Gasteiger partial charge in [-0.2, -0.15) is 0 Å². The molecule has 2 aromatic carbocycles. The van der Waals surface area contributed by atoms with Crippen LogP contribution >= 0.6 is 0 Å². The molecular weight excluding hydrogens is 238 g/mol. The fourth-order valence-electron chi connectivity index (χ4n) is 1.89. The molecule has 3 nitrogen and oxygen atoms in total. The van der Waals surface area contributed by atoms with E-state index in [2.05, 4.69) is 5.32 Å². The largest absolute Gasteiger partial charge is 0.508 e. The molecule has 19 heavy (non-hydrogen) atoms. The molecule has 2 rings (SSSR count). The Morgan fingerprint density at radius 2 is 1.79 bits per heavy atom. The van der Waals surface area contributed by atoms with Gasteiger partial charge in [-0.25, -0.2) is 0 Å². The van der Waals surface area contributed by atoms with Gasteiger partial charge < -0.3 is 10.4 Å². The highest BCUT2D eigenvalue weighted by molar-refractivity contribution is 5.96. The number of nitrogens with one attached hydrogen (secondary N) is 1. The molecule has 0 heterocycles. The van der Waals surface area contributed by atoms with Gasteiger partial charge in [-0.05, 0) is 31.5 Å². The molecule has 1 atom stereocenters. The van der Waals surface area contributed by atoms with Crippen molar-refractivity contribution in [2.24, 2.45) is 0 Å². The molecule has 1 unspecified atom stereocenters. The Morgan fingerprint density at radius 1 is 1.11 bits per heavy atom. The highest BCUT2D eigenvalue weighted by Crippen LogP contribution is 2.25. The normalized spacial score (nSPS) is 11.9. The molecule has 0 radical (unpaired) electrons. The minimum Gasteiger partial charge on any atom is -0.508 e. The van der Waals surface area contributed by atoms with E-state index in [9.17, 15) is 9.90 Å². The van der Waals surface area contributed by atoms with E-state index >= 15 is 0 Å². The third-order valence-electron chi connectivity index (χ3n) is 3.26. The summed E-state index contributed by atoms with van der Waals surface area (Å²) in [6.07, 6.45) is 0. The maximum atomic E-state index is 12.2. The first-order valence-electron chi connectivity index (χ1n) is 6.24. The second-order valence-electron chi connectivity index (χ2n) is 4.57. The van der Waals surface area contributed by atoms with Crippen LogP contribution in [0.15, 0.2) is 48.5 Å². The van der Waals surface area contributed by atoms with Crippen LogP contribution in [0.5, 0.6) is 5.75 Å². The molecule has 0 aliphatic rings. The average Bonchev–Trinajstić information content (AvgIpc) is 2.44. The van der Waals surface area contributed by atoms with Crippen molar-refractivity contribution in [3.63, 3.8) is 0 Å². The van der Waals surface area contributed by atoms with E-state index in [1.54, 1.807) is 25.1 Å². The van der Waals surface area contributed by atoms with E-state index in [-0.39, 0.29) is 17.6 Å². The second kappa shape index (κ2) is 5.57. The summed E-state index contributed by atoms with van der Waals surface area (Å²) in [7, 11) is 0. The minimum atomic E-state index is -0.233. The molecule has 0 aromatic heterocycles. The first-order chi connectivity index (χ1) is 9.09. The van der Waals surface area contributed by atoms with Crippen LogP contribution in [0.2, 0.25) is 0 Å². The van der Waals surface area contributed by atoms with Crippen molar-refractivity contribution in [1.82, 2.24) is 0 Å². The topological polar surface area (TPSA) is 49.3 Å². The predicted molar refractivity (Wildman–Crippen MR) is 76.3 cm³/mol. The Bertz CT molecular complexity index is 579. The van der Waals surface area contributed by atoms with Crippen LogP contribution in [0, 0.1) is 6.92 Å². The number of carbonyl (C=O) groups is 1. The molecule has 98 valence electrons. The summed E-state index contributed by atoms with van der Waals surface area (Å²) in [6, 6.07) is 14.7. The SMILES string of the molecule is Cc1c(O)cccc1NC(=O)C(C)c1ccccc1. The van der Waals surface area contributed by atoms with Gasteiger partial charge in [0.25, 0.3) is 0 Å². The fourth-order valence-corrected chi connectivity index (χ4v) is 1.89. The van der Waals surface area contributed by atoms with E-state index in [0.29, 0.717) is 11.3 Å². The fraction of sp³-hybridized carbons (Fsp3) is 0.188. The standard InChI is InChI=1S/C16H17NO2/c1-11(13-7-4-3-5-8-13)16(19)17-14-9-6-10-15(18)12(14)2/h3-11,18H,1-2H3,(H,17,19). The van der Waals surface area contributed by atoms with E-state index in [1.165, 1.54) is 0 Å². The molecule has 0 saturated heterocycles. The third kappa shape index (κ3) is 2.94. The van der Waals surface area contributed by atoms with Gasteiger partial charge in [-0.3, -0.25) is 4.79 Å². The zero-order chi connectivity index (χ0) is 13.8. The molecule has 3 heteroatoms. The van der Waals surface area contributed by atoms with E-state index < -0.39 is 0 Å². The summed E-state index contributed by atoms with van der Waals surface area (Å²) in [5.41, 5.74) is 2.29. The van der Waals surface area contributed by atoms with Crippen molar-refractivity contribution in [2.45, 2.75) is 19.8 Å². The zero-order valence-electron chi connectivity index (χ0n) is 11.1. The maximum Gasteiger partial charge on any atom is 0.231 e. The zero-order valence-corrected chi connectivity index (χ0v) is 11.1. The Hall–Kier alpha value is -2.29. The first kappa shape index (κ1) is 13.1. The lowest BCUT2D eigenvalue weighted by Gasteiger charge is -2.14. The number of phenolic OH excluding ortho intramolecular Hbond substituents is 1. The van der Waals surface area contributed by atoms with Crippen molar-refractivity contribution >= 4 is 11.6 Å². The Labute approximate surface area is 112 Å². The van der Waals surface area contributed by atoms with Crippen LogP contribution in [-0.4, -0.2) is 11.0 Å². The summed E-state index contributed by atoms with van der Waals surface area (Å²) < 4.78 is 0. The van der Waals surface area contributed by atoms with Crippen LogP contribution in [0.1, 0.15) is 24.0 Å². The molecule has 2 N–H and O–H groups in total. The summed E-state index contributed by atoms with van der Waals surface area (Å²) in [6.45, 7) is 3.64. The quantitative estimate of drug-likeness (QED) is 0.882. The lowest BCUT2D eigenvalue weighted by atomic mass is 10.0. The molecule has 0 spiro atoms. The highest BCUT2D eigenvalue weighted by Gasteiger charge is 2.16. The van der Waals surface area contributed by atoms with E-state index in [1.807, 2.05) is 37.3 Å². The van der Waals surface area contributed by atoms with Crippen molar-refractivity contribution in [3.05, 3.63) is 59.7 Å². The number of aromatic hydroxyl groups is 1. The Balaban J connectivity index is 2.15. The Kier molecular flexibility index (Phi) is 3.85. The highest BCUT2D eigenvalue weighted by atomic mass is 16.3. The number of phenols is 1. The number of benzene rings is 2. The predicted octanol–water partition coefficient (Wildman–Crippen LogP) is 3.44. The molecule has 0 aliphatic heterocycles. The van der Waals surface area contributed by atoms with Crippen LogP contribution in [0.4, 0.5) is 5.69 Å². The molecule has 2 aromatic rings. The first-order valence-corrected chi connectivity index (χ1v) is 6.24.